The normalized spacial score (nSPS) is 13.2. The number of aromatic nitrogens is 2. The van der Waals surface area contributed by atoms with Crippen LogP contribution in [0.3, 0.4) is 0 Å². The Labute approximate surface area is 146 Å². The first-order valence-corrected chi connectivity index (χ1v) is 8.41. The minimum Gasteiger partial charge on any atom is -0.467 e. The Morgan fingerprint density at radius 1 is 1.21 bits per heavy atom. The molecule has 0 aliphatic heterocycles. The third kappa shape index (κ3) is 3.35. The van der Waals surface area contributed by atoms with Gasteiger partial charge in [0.25, 0.3) is 0 Å². The zero-order valence-corrected chi connectivity index (χ0v) is 14.3. The van der Waals surface area contributed by atoms with Gasteiger partial charge < -0.3 is 9.47 Å². The van der Waals surface area contributed by atoms with Gasteiger partial charge in [-0.05, 0) is 61.9 Å². The van der Waals surface area contributed by atoms with Gasteiger partial charge in [0.1, 0.15) is 11.4 Å². The maximum atomic E-state index is 9.14. The summed E-state index contributed by atoms with van der Waals surface area (Å²) >= 11 is 6.22. The summed E-state index contributed by atoms with van der Waals surface area (Å²) in [5, 5.41) is 18.1. The number of rotatable bonds is 5. The van der Waals surface area contributed by atoms with Crippen LogP contribution in [-0.2, 0) is 17.6 Å². The third-order valence-electron chi connectivity index (χ3n) is 4.11. The van der Waals surface area contributed by atoms with E-state index < -0.39 is 0 Å². The molecule has 1 aliphatic carbocycles. The predicted octanol–water partition coefficient (Wildman–Crippen LogP) is 3.92. The molecule has 0 spiro atoms. The first kappa shape index (κ1) is 16.7. The van der Waals surface area contributed by atoms with Crippen LogP contribution < -0.4 is 4.74 Å². The molecule has 1 aliphatic rings. The number of nitriles is 1. The van der Waals surface area contributed by atoms with E-state index in [-0.39, 0.29) is 6.79 Å². The number of nitrogens with zero attached hydrogens (tertiary/aromatic N) is 3. The summed E-state index contributed by atoms with van der Waals surface area (Å²) in [7, 11) is 0. The lowest BCUT2D eigenvalue weighted by Crippen LogP contribution is -2.10. The highest BCUT2D eigenvalue weighted by Crippen LogP contribution is 2.37. The Morgan fingerprint density at radius 3 is 2.75 bits per heavy atom. The fourth-order valence-electron chi connectivity index (χ4n) is 2.92. The average molecular weight is 344 g/mol. The largest absolute Gasteiger partial charge is 0.467 e. The second kappa shape index (κ2) is 7.61. The molecule has 3 rings (SSSR count). The van der Waals surface area contributed by atoms with Crippen LogP contribution in [0.1, 0.15) is 36.5 Å². The van der Waals surface area contributed by atoms with Crippen molar-refractivity contribution in [3.05, 3.63) is 40.0 Å². The van der Waals surface area contributed by atoms with Gasteiger partial charge in [0, 0.05) is 12.2 Å². The Balaban J connectivity index is 2.07. The van der Waals surface area contributed by atoms with Crippen molar-refractivity contribution >= 4 is 11.6 Å². The van der Waals surface area contributed by atoms with Gasteiger partial charge in [0.05, 0.1) is 11.6 Å². The Kier molecular flexibility index (Phi) is 5.29. The second-order valence-electron chi connectivity index (χ2n) is 5.58. The van der Waals surface area contributed by atoms with Gasteiger partial charge in [-0.15, -0.1) is 10.2 Å². The molecule has 0 saturated heterocycles. The Morgan fingerprint density at radius 2 is 2.00 bits per heavy atom. The van der Waals surface area contributed by atoms with E-state index in [0.29, 0.717) is 23.1 Å². The van der Waals surface area contributed by atoms with Crippen molar-refractivity contribution < 1.29 is 9.47 Å². The first-order chi connectivity index (χ1) is 11.7. The molecule has 2 aromatic rings. The monoisotopic (exact) mass is 343 g/mol. The molecule has 1 aromatic carbocycles. The molecule has 5 nitrogen and oxygen atoms in total. The molecule has 0 atom stereocenters. The first-order valence-electron chi connectivity index (χ1n) is 8.03. The summed E-state index contributed by atoms with van der Waals surface area (Å²) in [5.41, 5.74) is 4.34. The van der Waals surface area contributed by atoms with Crippen LogP contribution in [0.5, 0.6) is 5.75 Å². The van der Waals surface area contributed by atoms with E-state index in [0.717, 1.165) is 48.1 Å². The van der Waals surface area contributed by atoms with Crippen molar-refractivity contribution in [1.29, 1.82) is 5.26 Å². The van der Waals surface area contributed by atoms with Crippen LogP contribution in [0.2, 0.25) is 5.15 Å². The summed E-state index contributed by atoms with van der Waals surface area (Å²) in [4.78, 5) is 0. The lowest BCUT2D eigenvalue weighted by atomic mass is 9.89. The molecular formula is C18H18ClN3O2. The van der Waals surface area contributed by atoms with Gasteiger partial charge in [0.15, 0.2) is 11.9 Å². The number of ether oxygens (including phenoxy) is 2. The SMILES string of the molecule is CCOCOc1cc(C#N)ccc1-c1nnc(Cl)c2c1CCCC2. The summed E-state index contributed by atoms with van der Waals surface area (Å²) in [6.07, 6.45) is 4.05. The minimum atomic E-state index is 0.127. The summed E-state index contributed by atoms with van der Waals surface area (Å²) < 4.78 is 11.0. The van der Waals surface area contributed by atoms with Crippen LogP contribution in [0.15, 0.2) is 18.2 Å². The molecule has 0 amide bonds. The third-order valence-corrected chi connectivity index (χ3v) is 4.41. The fraction of sp³-hybridized carbons (Fsp3) is 0.389. The maximum Gasteiger partial charge on any atom is 0.189 e. The van der Waals surface area contributed by atoms with Gasteiger partial charge in [-0.2, -0.15) is 5.26 Å². The molecule has 124 valence electrons. The molecular weight excluding hydrogens is 326 g/mol. The van der Waals surface area contributed by atoms with Crippen LogP contribution in [0.25, 0.3) is 11.3 Å². The molecule has 6 heteroatoms. The van der Waals surface area contributed by atoms with E-state index in [4.69, 9.17) is 26.3 Å². The maximum absolute atomic E-state index is 9.14. The van der Waals surface area contributed by atoms with Crippen molar-refractivity contribution in [2.75, 3.05) is 13.4 Å². The van der Waals surface area contributed by atoms with Crippen LogP contribution >= 0.6 is 11.6 Å². The van der Waals surface area contributed by atoms with Crippen molar-refractivity contribution in [3.8, 4) is 23.1 Å². The number of halogens is 1. The molecule has 0 radical (unpaired) electrons. The van der Waals surface area contributed by atoms with Crippen molar-refractivity contribution in [2.24, 2.45) is 0 Å². The van der Waals surface area contributed by atoms with E-state index in [2.05, 4.69) is 16.3 Å². The number of fused-ring (bicyclic) bond motifs is 1. The molecule has 0 unspecified atom stereocenters. The van der Waals surface area contributed by atoms with Gasteiger partial charge in [0.2, 0.25) is 0 Å². The van der Waals surface area contributed by atoms with Crippen molar-refractivity contribution in [3.63, 3.8) is 0 Å². The average Bonchev–Trinajstić information content (AvgIpc) is 2.63. The standard InChI is InChI=1S/C18H18ClN3O2/c1-2-23-11-24-16-9-12(10-20)7-8-15(16)17-13-5-3-4-6-14(13)18(19)22-21-17/h7-9H,2-6,11H2,1H3. The number of hydrogen-bond donors (Lipinski definition) is 0. The van der Waals surface area contributed by atoms with Crippen LogP contribution in [0, 0.1) is 11.3 Å². The van der Waals surface area contributed by atoms with E-state index in [1.165, 1.54) is 0 Å². The molecule has 0 N–H and O–H groups in total. The summed E-state index contributed by atoms with van der Waals surface area (Å²) in [6.45, 7) is 2.59. The number of benzene rings is 1. The summed E-state index contributed by atoms with van der Waals surface area (Å²) in [6, 6.07) is 7.45. The van der Waals surface area contributed by atoms with E-state index in [9.17, 15) is 0 Å². The topological polar surface area (TPSA) is 68.0 Å². The van der Waals surface area contributed by atoms with Crippen molar-refractivity contribution in [1.82, 2.24) is 10.2 Å². The van der Waals surface area contributed by atoms with E-state index in [1.807, 2.05) is 13.0 Å². The molecule has 0 saturated carbocycles. The smallest absolute Gasteiger partial charge is 0.189 e. The highest BCUT2D eigenvalue weighted by atomic mass is 35.5. The van der Waals surface area contributed by atoms with Crippen molar-refractivity contribution in [2.45, 2.75) is 32.6 Å². The van der Waals surface area contributed by atoms with E-state index >= 15 is 0 Å². The van der Waals surface area contributed by atoms with E-state index in [1.54, 1.807) is 12.1 Å². The lowest BCUT2D eigenvalue weighted by Gasteiger charge is -2.20. The summed E-state index contributed by atoms with van der Waals surface area (Å²) in [5.74, 6) is 0.576. The molecule has 0 fully saturated rings. The van der Waals surface area contributed by atoms with Gasteiger partial charge in [-0.25, -0.2) is 0 Å². The lowest BCUT2D eigenvalue weighted by molar-refractivity contribution is 0.0227. The van der Waals surface area contributed by atoms with Crippen LogP contribution in [-0.4, -0.2) is 23.6 Å². The highest BCUT2D eigenvalue weighted by Gasteiger charge is 2.22. The molecule has 1 aromatic heterocycles. The van der Waals surface area contributed by atoms with Gasteiger partial charge in [-0.1, -0.05) is 11.6 Å². The predicted molar refractivity (Wildman–Crippen MR) is 91.0 cm³/mol. The Hall–Kier alpha value is -2.16. The van der Waals surface area contributed by atoms with Crippen LogP contribution in [0.4, 0.5) is 0 Å². The fourth-order valence-corrected chi connectivity index (χ4v) is 3.17. The second-order valence-corrected chi connectivity index (χ2v) is 5.94. The minimum absolute atomic E-state index is 0.127. The molecule has 24 heavy (non-hydrogen) atoms. The molecule has 0 bridgehead atoms. The molecule has 1 heterocycles. The number of hydrogen-bond acceptors (Lipinski definition) is 5. The zero-order valence-electron chi connectivity index (χ0n) is 13.5. The van der Waals surface area contributed by atoms with Gasteiger partial charge >= 0.3 is 0 Å². The Bertz CT molecular complexity index is 787. The van der Waals surface area contributed by atoms with Gasteiger partial charge in [-0.3, -0.25) is 0 Å². The quantitative estimate of drug-likeness (QED) is 0.608. The zero-order chi connectivity index (χ0) is 16.9. The highest BCUT2D eigenvalue weighted by molar-refractivity contribution is 6.30.